The highest BCUT2D eigenvalue weighted by atomic mass is 35.5. The number of carbonyl (C=O) groups is 2. The lowest BCUT2D eigenvalue weighted by Gasteiger charge is -2.21. The summed E-state index contributed by atoms with van der Waals surface area (Å²) in [5.74, 6) is -1.80. The maximum absolute atomic E-state index is 13.7. The number of esters is 1. The number of halogens is 2. The minimum atomic E-state index is -0.705. The van der Waals surface area contributed by atoms with E-state index in [-0.39, 0.29) is 17.1 Å². The molecule has 0 aliphatic heterocycles. The van der Waals surface area contributed by atoms with E-state index in [1.54, 1.807) is 0 Å². The second kappa shape index (κ2) is 7.09. The van der Waals surface area contributed by atoms with E-state index in [0.717, 1.165) is 6.07 Å². The van der Waals surface area contributed by atoms with Crippen LogP contribution in [-0.4, -0.2) is 37.0 Å². The Morgan fingerprint density at radius 1 is 1.42 bits per heavy atom. The first-order valence-corrected chi connectivity index (χ1v) is 6.18. The quantitative estimate of drug-likeness (QED) is 0.782. The van der Waals surface area contributed by atoms with Crippen molar-refractivity contribution in [3.05, 3.63) is 34.6 Å². The third-order valence-corrected chi connectivity index (χ3v) is 2.73. The Balaban J connectivity index is 2.95. The minimum Gasteiger partial charge on any atom is -0.468 e. The van der Waals surface area contributed by atoms with Gasteiger partial charge in [0.2, 0.25) is 0 Å². The molecule has 0 bridgehead atoms. The maximum atomic E-state index is 13.7. The molecule has 0 unspecified atom stereocenters. The Bertz CT molecular complexity index is 479. The zero-order valence-corrected chi connectivity index (χ0v) is 11.5. The first-order valence-electron chi connectivity index (χ1n) is 5.80. The van der Waals surface area contributed by atoms with Gasteiger partial charge in [0.15, 0.2) is 0 Å². The largest absolute Gasteiger partial charge is 0.468 e. The smallest absolute Gasteiger partial charge is 0.325 e. The van der Waals surface area contributed by atoms with Crippen LogP contribution in [0.4, 0.5) is 4.39 Å². The molecule has 0 atom stereocenters. The van der Waals surface area contributed by atoms with Gasteiger partial charge in [-0.3, -0.25) is 9.59 Å². The van der Waals surface area contributed by atoms with Crippen LogP contribution in [-0.2, 0) is 9.53 Å². The Hall–Kier alpha value is -1.62. The number of methoxy groups -OCH3 is 1. The van der Waals surface area contributed by atoms with Gasteiger partial charge in [-0.2, -0.15) is 0 Å². The van der Waals surface area contributed by atoms with Crippen LogP contribution in [0.3, 0.4) is 0 Å². The fourth-order valence-corrected chi connectivity index (χ4v) is 1.73. The Kier molecular flexibility index (Phi) is 5.76. The lowest BCUT2D eigenvalue weighted by Crippen LogP contribution is -2.37. The lowest BCUT2D eigenvalue weighted by atomic mass is 10.2. The van der Waals surface area contributed by atoms with Crippen LogP contribution < -0.4 is 0 Å². The van der Waals surface area contributed by atoms with E-state index in [0.29, 0.717) is 13.0 Å². The Morgan fingerprint density at radius 2 is 2.11 bits per heavy atom. The highest BCUT2D eigenvalue weighted by Gasteiger charge is 2.21. The Labute approximate surface area is 116 Å². The zero-order valence-electron chi connectivity index (χ0n) is 10.8. The van der Waals surface area contributed by atoms with E-state index in [1.807, 2.05) is 6.92 Å². The molecule has 0 fully saturated rings. The molecule has 0 saturated heterocycles. The predicted octanol–water partition coefficient (Wildman–Crippen LogP) is 2.50. The van der Waals surface area contributed by atoms with Gasteiger partial charge in [0.05, 0.1) is 12.7 Å². The Morgan fingerprint density at radius 3 is 2.63 bits per heavy atom. The number of hydrogen-bond donors (Lipinski definition) is 0. The summed E-state index contributed by atoms with van der Waals surface area (Å²) in [6.07, 6.45) is 0.651. The molecular weight excluding hydrogens is 273 g/mol. The summed E-state index contributed by atoms with van der Waals surface area (Å²) in [6.45, 7) is 2.00. The third kappa shape index (κ3) is 4.21. The number of ether oxygens (including phenoxy) is 1. The van der Waals surface area contributed by atoms with Gasteiger partial charge in [0.25, 0.3) is 5.91 Å². The summed E-state index contributed by atoms with van der Waals surface area (Å²) < 4.78 is 18.2. The van der Waals surface area contributed by atoms with Crippen LogP contribution in [0.5, 0.6) is 0 Å². The van der Waals surface area contributed by atoms with Crippen LogP contribution in [0.25, 0.3) is 0 Å². The molecule has 19 heavy (non-hydrogen) atoms. The van der Waals surface area contributed by atoms with E-state index < -0.39 is 17.7 Å². The third-order valence-electron chi connectivity index (χ3n) is 2.49. The molecule has 1 aromatic carbocycles. The van der Waals surface area contributed by atoms with E-state index in [9.17, 15) is 14.0 Å². The van der Waals surface area contributed by atoms with Crippen molar-refractivity contribution in [1.29, 1.82) is 0 Å². The summed E-state index contributed by atoms with van der Waals surface area (Å²) in [4.78, 5) is 24.6. The maximum Gasteiger partial charge on any atom is 0.325 e. The summed E-state index contributed by atoms with van der Waals surface area (Å²) in [6, 6.07) is 3.80. The highest BCUT2D eigenvalue weighted by Crippen LogP contribution is 2.16. The summed E-state index contributed by atoms with van der Waals surface area (Å²) in [7, 11) is 1.24. The molecule has 0 saturated carbocycles. The molecule has 104 valence electrons. The average Bonchev–Trinajstić information content (AvgIpc) is 2.37. The van der Waals surface area contributed by atoms with Gasteiger partial charge in [0, 0.05) is 11.6 Å². The van der Waals surface area contributed by atoms with Crippen molar-refractivity contribution < 1.29 is 18.7 Å². The lowest BCUT2D eigenvalue weighted by molar-refractivity contribution is -0.141. The van der Waals surface area contributed by atoms with E-state index in [2.05, 4.69) is 4.74 Å². The standard InChI is InChI=1S/C13H15ClFNO3/c1-3-6-16(8-12(17)19-2)13(18)10-5-4-9(14)7-11(10)15/h4-5,7H,3,6,8H2,1-2H3. The zero-order chi connectivity index (χ0) is 14.4. The monoisotopic (exact) mass is 287 g/mol. The molecule has 4 nitrogen and oxygen atoms in total. The molecule has 0 aliphatic carbocycles. The summed E-state index contributed by atoms with van der Waals surface area (Å²) in [5.41, 5.74) is -0.109. The van der Waals surface area contributed by atoms with Gasteiger partial charge in [-0.1, -0.05) is 18.5 Å². The van der Waals surface area contributed by atoms with Crippen molar-refractivity contribution in [2.45, 2.75) is 13.3 Å². The molecule has 0 N–H and O–H groups in total. The second-order valence-corrected chi connectivity index (χ2v) is 4.36. The molecule has 6 heteroatoms. The normalized spacial score (nSPS) is 10.1. The van der Waals surface area contributed by atoms with Crippen LogP contribution >= 0.6 is 11.6 Å². The van der Waals surface area contributed by atoms with Gasteiger partial charge in [-0.05, 0) is 24.6 Å². The predicted molar refractivity (Wildman–Crippen MR) is 69.6 cm³/mol. The van der Waals surface area contributed by atoms with Gasteiger partial charge >= 0.3 is 5.97 Å². The van der Waals surface area contributed by atoms with Gasteiger partial charge in [-0.25, -0.2) is 4.39 Å². The molecule has 1 rings (SSSR count). The number of hydrogen-bond acceptors (Lipinski definition) is 3. The first kappa shape index (κ1) is 15.4. The molecule has 0 heterocycles. The summed E-state index contributed by atoms with van der Waals surface area (Å²) in [5, 5.41) is 0.212. The number of rotatable bonds is 5. The van der Waals surface area contributed by atoms with Crippen molar-refractivity contribution in [3.8, 4) is 0 Å². The number of nitrogens with zero attached hydrogens (tertiary/aromatic N) is 1. The first-order chi connectivity index (χ1) is 8.99. The molecule has 0 radical (unpaired) electrons. The molecule has 0 aliphatic rings. The van der Waals surface area contributed by atoms with Crippen molar-refractivity contribution in [2.24, 2.45) is 0 Å². The fraction of sp³-hybridized carbons (Fsp3) is 0.385. The van der Waals surface area contributed by atoms with Crippen LogP contribution in [0.15, 0.2) is 18.2 Å². The van der Waals surface area contributed by atoms with Crippen molar-refractivity contribution in [2.75, 3.05) is 20.2 Å². The van der Waals surface area contributed by atoms with Crippen molar-refractivity contribution in [1.82, 2.24) is 4.90 Å². The van der Waals surface area contributed by atoms with E-state index in [4.69, 9.17) is 11.6 Å². The SMILES string of the molecule is CCCN(CC(=O)OC)C(=O)c1ccc(Cl)cc1F. The summed E-state index contributed by atoms with van der Waals surface area (Å²) >= 11 is 5.63. The van der Waals surface area contributed by atoms with Crippen LogP contribution in [0, 0.1) is 5.82 Å². The van der Waals surface area contributed by atoms with Crippen LogP contribution in [0.1, 0.15) is 23.7 Å². The fourth-order valence-electron chi connectivity index (χ4n) is 1.58. The van der Waals surface area contributed by atoms with Gasteiger partial charge < -0.3 is 9.64 Å². The van der Waals surface area contributed by atoms with Gasteiger partial charge in [0.1, 0.15) is 12.4 Å². The number of amides is 1. The minimum absolute atomic E-state index is 0.109. The molecule has 0 aromatic heterocycles. The van der Waals surface area contributed by atoms with Crippen LogP contribution in [0.2, 0.25) is 5.02 Å². The molecule has 1 aromatic rings. The van der Waals surface area contributed by atoms with Crippen molar-refractivity contribution >= 4 is 23.5 Å². The molecular formula is C13H15ClFNO3. The number of carbonyl (C=O) groups excluding carboxylic acids is 2. The molecule has 1 amide bonds. The van der Waals surface area contributed by atoms with E-state index >= 15 is 0 Å². The average molecular weight is 288 g/mol. The molecule has 0 spiro atoms. The highest BCUT2D eigenvalue weighted by molar-refractivity contribution is 6.30. The van der Waals surface area contributed by atoms with E-state index in [1.165, 1.54) is 24.1 Å². The topological polar surface area (TPSA) is 46.6 Å². The van der Waals surface area contributed by atoms with Crippen molar-refractivity contribution in [3.63, 3.8) is 0 Å². The van der Waals surface area contributed by atoms with Gasteiger partial charge in [-0.15, -0.1) is 0 Å². The number of benzene rings is 1. The second-order valence-electron chi connectivity index (χ2n) is 3.93.